The fourth-order valence-electron chi connectivity index (χ4n) is 2.98. The number of carbonyl (C=O) groups excluding carboxylic acids is 2. The first-order chi connectivity index (χ1) is 12.1. The van der Waals surface area contributed by atoms with Gasteiger partial charge in [-0.05, 0) is 31.1 Å². The molecular formula is C19H23NO5. The Morgan fingerprint density at radius 2 is 1.72 bits per heavy atom. The Hall–Kier alpha value is -2.63. The van der Waals surface area contributed by atoms with Gasteiger partial charge >= 0.3 is 0 Å². The van der Waals surface area contributed by atoms with Gasteiger partial charge in [0, 0.05) is 5.56 Å². The van der Waals surface area contributed by atoms with Gasteiger partial charge in [0.25, 0.3) is 0 Å². The van der Waals surface area contributed by atoms with E-state index in [4.69, 9.17) is 9.47 Å². The van der Waals surface area contributed by atoms with E-state index in [-0.39, 0.29) is 34.2 Å². The molecule has 0 bridgehead atoms. The zero-order chi connectivity index (χ0) is 18.4. The van der Waals surface area contributed by atoms with Crippen molar-refractivity contribution in [3.05, 3.63) is 34.9 Å². The van der Waals surface area contributed by atoms with Crippen molar-refractivity contribution in [3.63, 3.8) is 0 Å². The van der Waals surface area contributed by atoms with E-state index in [9.17, 15) is 14.8 Å². The molecule has 1 aliphatic rings. The topological polar surface area (TPSA) is 85.2 Å². The number of fused-ring (bicyclic) bond motifs is 1. The lowest BCUT2D eigenvalue weighted by Crippen LogP contribution is -2.17. The van der Waals surface area contributed by atoms with Crippen LogP contribution in [-0.2, 0) is 0 Å². The maximum absolute atomic E-state index is 12.4. The minimum absolute atomic E-state index is 0.152. The van der Waals surface area contributed by atoms with Gasteiger partial charge in [0.15, 0.2) is 11.6 Å². The van der Waals surface area contributed by atoms with Gasteiger partial charge in [-0.1, -0.05) is 31.3 Å². The second-order valence-corrected chi connectivity index (χ2v) is 5.83. The third kappa shape index (κ3) is 3.73. The van der Waals surface area contributed by atoms with Gasteiger partial charge in [-0.3, -0.25) is 9.59 Å². The van der Waals surface area contributed by atoms with Crippen LogP contribution in [-0.4, -0.2) is 36.7 Å². The summed E-state index contributed by atoms with van der Waals surface area (Å²) in [5.41, 5.74) is 1.20. The summed E-state index contributed by atoms with van der Waals surface area (Å²) in [6, 6.07) is 1.59. The van der Waals surface area contributed by atoms with Crippen molar-refractivity contribution >= 4 is 17.3 Å². The number of nitrogens with zero attached hydrogens (tertiary/aromatic N) is 1. The Morgan fingerprint density at radius 3 is 2.28 bits per heavy atom. The Kier molecular flexibility index (Phi) is 6.33. The lowest BCUT2D eigenvalue weighted by molar-refractivity contribution is 0.0989. The summed E-state index contributed by atoms with van der Waals surface area (Å²) in [7, 11) is 2.85. The van der Waals surface area contributed by atoms with Crippen LogP contribution >= 0.6 is 0 Å². The molecule has 0 aliphatic heterocycles. The Morgan fingerprint density at radius 1 is 1.04 bits per heavy atom. The molecule has 2 rings (SSSR count). The quantitative estimate of drug-likeness (QED) is 0.335. The van der Waals surface area contributed by atoms with Gasteiger partial charge in [-0.25, -0.2) is 0 Å². The number of unbranched alkanes of at least 4 members (excludes halogenated alkanes) is 3. The lowest BCUT2D eigenvalue weighted by Gasteiger charge is -2.20. The number of ether oxygens (including phenoxy) is 2. The molecule has 0 heterocycles. The van der Waals surface area contributed by atoms with Crippen LogP contribution < -0.4 is 9.47 Å². The number of oxime groups is 1. The van der Waals surface area contributed by atoms with E-state index in [1.807, 2.05) is 0 Å². The number of carbonyl (C=O) groups is 2. The Labute approximate surface area is 147 Å². The monoisotopic (exact) mass is 345 g/mol. The summed E-state index contributed by atoms with van der Waals surface area (Å²) in [6.07, 6.45) is 7.03. The smallest absolute Gasteiger partial charge is 0.190 e. The van der Waals surface area contributed by atoms with Crippen molar-refractivity contribution in [1.29, 1.82) is 0 Å². The van der Waals surface area contributed by atoms with Gasteiger partial charge in [0.05, 0.1) is 31.1 Å². The molecule has 1 aromatic carbocycles. The molecule has 0 spiro atoms. The van der Waals surface area contributed by atoms with Crippen LogP contribution in [0.1, 0.15) is 65.3 Å². The average molecular weight is 345 g/mol. The predicted octanol–water partition coefficient (Wildman–Crippen LogP) is 3.79. The van der Waals surface area contributed by atoms with Crippen LogP contribution in [0.15, 0.2) is 23.4 Å². The normalized spacial score (nSPS) is 13.8. The number of hydrogen-bond donors (Lipinski definition) is 1. The minimum atomic E-state index is -0.338. The SMILES string of the molecule is CCCCCC/C(=N\O)c1cc(OC)c2c(c1OC)C(=O)C=CC2=O. The molecule has 0 radical (unpaired) electrons. The number of ketones is 2. The predicted molar refractivity (Wildman–Crippen MR) is 94.4 cm³/mol. The van der Waals surface area contributed by atoms with Crippen molar-refractivity contribution in [2.75, 3.05) is 14.2 Å². The van der Waals surface area contributed by atoms with Gasteiger partial charge in [0.1, 0.15) is 11.5 Å². The maximum atomic E-state index is 12.4. The fraction of sp³-hybridized carbons (Fsp3) is 0.421. The zero-order valence-electron chi connectivity index (χ0n) is 14.8. The number of benzene rings is 1. The van der Waals surface area contributed by atoms with Crippen molar-refractivity contribution in [2.24, 2.45) is 5.16 Å². The third-order valence-corrected chi connectivity index (χ3v) is 4.25. The fourth-order valence-corrected chi connectivity index (χ4v) is 2.98. The molecule has 0 amide bonds. The minimum Gasteiger partial charge on any atom is -0.496 e. The van der Waals surface area contributed by atoms with Crippen LogP contribution in [0.4, 0.5) is 0 Å². The van der Waals surface area contributed by atoms with Gasteiger partial charge in [-0.2, -0.15) is 0 Å². The molecule has 6 nitrogen and oxygen atoms in total. The van der Waals surface area contributed by atoms with E-state index < -0.39 is 0 Å². The van der Waals surface area contributed by atoms with Crippen molar-refractivity contribution in [3.8, 4) is 11.5 Å². The summed E-state index contributed by atoms with van der Waals surface area (Å²) in [5.74, 6) is -0.151. The molecule has 0 fully saturated rings. The van der Waals surface area contributed by atoms with Crippen LogP contribution in [0.3, 0.4) is 0 Å². The molecule has 1 N–H and O–H groups in total. The highest BCUT2D eigenvalue weighted by molar-refractivity contribution is 6.25. The summed E-state index contributed by atoms with van der Waals surface area (Å²) in [4.78, 5) is 24.6. The molecule has 0 atom stereocenters. The molecule has 134 valence electrons. The Bertz CT molecular complexity index is 734. The number of methoxy groups -OCH3 is 2. The molecule has 0 unspecified atom stereocenters. The van der Waals surface area contributed by atoms with Gasteiger partial charge in [-0.15, -0.1) is 0 Å². The summed E-state index contributed by atoms with van der Waals surface area (Å²) < 4.78 is 10.7. The zero-order valence-corrected chi connectivity index (χ0v) is 14.8. The van der Waals surface area contributed by atoms with Gasteiger partial charge < -0.3 is 14.7 Å². The molecule has 0 aromatic heterocycles. The molecule has 25 heavy (non-hydrogen) atoms. The van der Waals surface area contributed by atoms with Crippen molar-refractivity contribution < 1.29 is 24.3 Å². The second kappa shape index (κ2) is 8.46. The van der Waals surface area contributed by atoms with Crippen LogP contribution in [0.25, 0.3) is 0 Å². The highest BCUT2D eigenvalue weighted by Gasteiger charge is 2.31. The van der Waals surface area contributed by atoms with E-state index >= 15 is 0 Å². The highest BCUT2D eigenvalue weighted by atomic mass is 16.5. The first kappa shape index (κ1) is 18.7. The molecule has 1 aromatic rings. The Balaban J connectivity index is 2.54. The summed E-state index contributed by atoms with van der Waals surface area (Å²) in [6.45, 7) is 2.12. The highest BCUT2D eigenvalue weighted by Crippen LogP contribution is 2.38. The standard InChI is InChI=1S/C19H23NO5/c1-4-5-6-7-8-13(20-23)12-11-16(24-2)17-14(21)9-10-15(22)18(17)19(12)25-3/h9-11,23H,4-8H2,1-3H3/b20-13+. The first-order valence-corrected chi connectivity index (χ1v) is 8.36. The number of hydrogen-bond acceptors (Lipinski definition) is 6. The van der Waals surface area contributed by atoms with E-state index in [0.29, 0.717) is 17.7 Å². The van der Waals surface area contributed by atoms with Crippen LogP contribution in [0.2, 0.25) is 0 Å². The number of allylic oxidation sites excluding steroid dienone is 2. The molecule has 1 aliphatic carbocycles. The van der Waals surface area contributed by atoms with Gasteiger partial charge in [0.2, 0.25) is 0 Å². The maximum Gasteiger partial charge on any atom is 0.190 e. The third-order valence-electron chi connectivity index (χ3n) is 4.25. The largest absolute Gasteiger partial charge is 0.496 e. The summed E-state index contributed by atoms with van der Waals surface area (Å²) in [5, 5.41) is 12.9. The first-order valence-electron chi connectivity index (χ1n) is 8.36. The van der Waals surface area contributed by atoms with Crippen molar-refractivity contribution in [2.45, 2.75) is 39.0 Å². The van der Waals surface area contributed by atoms with E-state index in [1.54, 1.807) is 6.07 Å². The van der Waals surface area contributed by atoms with E-state index in [0.717, 1.165) is 25.7 Å². The molecule has 6 heteroatoms. The second-order valence-electron chi connectivity index (χ2n) is 5.83. The van der Waals surface area contributed by atoms with Crippen molar-refractivity contribution in [1.82, 2.24) is 0 Å². The van der Waals surface area contributed by atoms with E-state index in [2.05, 4.69) is 12.1 Å². The lowest BCUT2D eigenvalue weighted by atomic mass is 9.88. The average Bonchev–Trinajstić information content (AvgIpc) is 2.63. The summed E-state index contributed by atoms with van der Waals surface area (Å²) >= 11 is 0. The molecule has 0 saturated carbocycles. The molecule has 0 saturated heterocycles. The van der Waals surface area contributed by atoms with Crippen LogP contribution in [0, 0.1) is 0 Å². The van der Waals surface area contributed by atoms with E-state index in [1.165, 1.54) is 26.4 Å². The molecular weight excluding hydrogens is 322 g/mol. The number of rotatable bonds is 8. The van der Waals surface area contributed by atoms with Crippen LogP contribution in [0.5, 0.6) is 11.5 Å².